The van der Waals surface area contributed by atoms with Gasteiger partial charge in [0.25, 0.3) is 10.1 Å². The van der Waals surface area contributed by atoms with Gasteiger partial charge < -0.3 is 4.74 Å². The SMILES string of the molecule is COC(=O)C1(C)CC(OS(C)(=O)=O)C1. The van der Waals surface area contributed by atoms with Crippen molar-refractivity contribution in [1.82, 2.24) is 0 Å². The van der Waals surface area contributed by atoms with Crippen molar-refractivity contribution in [3.8, 4) is 0 Å². The van der Waals surface area contributed by atoms with Gasteiger partial charge in [-0.2, -0.15) is 8.42 Å². The van der Waals surface area contributed by atoms with Crippen molar-refractivity contribution in [2.24, 2.45) is 5.41 Å². The van der Waals surface area contributed by atoms with Gasteiger partial charge >= 0.3 is 5.97 Å². The van der Waals surface area contributed by atoms with E-state index in [0.29, 0.717) is 12.8 Å². The molecule has 0 aromatic rings. The topological polar surface area (TPSA) is 69.7 Å². The van der Waals surface area contributed by atoms with Crippen molar-refractivity contribution < 1.29 is 22.1 Å². The van der Waals surface area contributed by atoms with E-state index in [4.69, 9.17) is 4.18 Å². The van der Waals surface area contributed by atoms with Crippen LogP contribution in [0.3, 0.4) is 0 Å². The second-order valence-electron chi connectivity index (χ2n) is 3.88. The van der Waals surface area contributed by atoms with Gasteiger partial charge in [0.2, 0.25) is 0 Å². The highest BCUT2D eigenvalue weighted by Gasteiger charge is 2.49. The van der Waals surface area contributed by atoms with Gasteiger partial charge in [-0.3, -0.25) is 8.98 Å². The third kappa shape index (κ3) is 2.45. The zero-order chi connectivity index (χ0) is 11.0. The van der Waals surface area contributed by atoms with E-state index in [1.165, 1.54) is 7.11 Å². The van der Waals surface area contributed by atoms with E-state index in [-0.39, 0.29) is 12.1 Å². The Bertz CT molecular complexity index is 326. The molecule has 0 heterocycles. The highest BCUT2D eigenvalue weighted by molar-refractivity contribution is 7.86. The summed E-state index contributed by atoms with van der Waals surface area (Å²) in [5.41, 5.74) is -0.579. The number of hydrogen-bond donors (Lipinski definition) is 0. The molecule has 5 nitrogen and oxygen atoms in total. The summed E-state index contributed by atoms with van der Waals surface area (Å²) in [6, 6.07) is 0. The van der Waals surface area contributed by atoms with Crippen LogP contribution in [0.2, 0.25) is 0 Å². The summed E-state index contributed by atoms with van der Waals surface area (Å²) in [7, 11) is -2.10. The fourth-order valence-electron chi connectivity index (χ4n) is 1.67. The van der Waals surface area contributed by atoms with Crippen LogP contribution >= 0.6 is 0 Å². The van der Waals surface area contributed by atoms with Crippen LogP contribution in [0.15, 0.2) is 0 Å². The zero-order valence-corrected chi connectivity index (χ0v) is 9.26. The molecule has 0 atom stereocenters. The first kappa shape index (κ1) is 11.5. The largest absolute Gasteiger partial charge is 0.469 e. The Balaban J connectivity index is 2.47. The van der Waals surface area contributed by atoms with Crippen molar-refractivity contribution >= 4 is 16.1 Å². The van der Waals surface area contributed by atoms with Crippen LogP contribution < -0.4 is 0 Å². The number of hydrogen-bond acceptors (Lipinski definition) is 5. The fourth-order valence-corrected chi connectivity index (χ4v) is 2.30. The summed E-state index contributed by atoms with van der Waals surface area (Å²) in [6.45, 7) is 1.74. The molecule has 6 heteroatoms. The molecule has 0 bridgehead atoms. The summed E-state index contributed by atoms with van der Waals surface area (Å²) in [6.07, 6.45) is 1.41. The lowest BCUT2D eigenvalue weighted by molar-refractivity contribution is -0.162. The highest BCUT2D eigenvalue weighted by atomic mass is 32.2. The molecule has 1 aliphatic rings. The van der Waals surface area contributed by atoms with Gasteiger partial charge in [0, 0.05) is 0 Å². The number of ether oxygens (including phenoxy) is 1. The Kier molecular flexibility index (Phi) is 2.87. The average Bonchev–Trinajstić information content (AvgIpc) is 1.97. The normalized spacial score (nSPS) is 32.1. The Hall–Kier alpha value is -0.620. The lowest BCUT2D eigenvalue weighted by Crippen LogP contribution is -2.47. The molecule has 0 aliphatic heterocycles. The summed E-state index contributed by atoms with van der Waals surface area (Å²) < 4.78 is 30.8. The molecule has 0 saturated heterocycles. The van der Waals surface area contributed by atoms with Crippen molar-refractivity contribution in [3.05, 3.63) is 0 Å². The molecular formula is C8H14O5S. The third-order valence-electron chi connectivity index (χ3n) is 2.35. The van der Waals surface area contributed by atoms with E-state index in [1.807, 2.05) is 0 Å². The standard InChI is InChI=1S/C8H14O5S/c1-8(7(9)12-2)4-6(5-8)13-14(3,10)11/h6H,4-5H2,1-3H3. The second kappa shape index (κ2) is 3.51. The molecule has 0 amide bonds. The molecule has 0 unspecified atom stereocenters. The molecule has 82 valence electrons. The van der Waals surface area contributed by atoms with Crippen LogP contribution in [-0.2, 0) is 23.8 Å². The van der Waals surface area contributed by atoms with Crippen LogP contribution in [0, 0.1) is 5.41 Å². The van der Waals surface area contributed by atoms with Crippen LogP contribution in [0.5, 0.6) is 0 Å². The van der Waals surface area contributed by atoms with Crippen LogP contribution in [0.4, 0.5) is 0 Å². The van der Waals surface area contributed by atoms with Gasteiger partial charge in [0.1, 0.15) is 0 Å². The van der Waals surface area contributed by atoms with Crippen LogP contribution in [-0.4, -0.2) is 33.9 Å². The Labute approximate surface area is 83.5 Å². The summed E-state index contributed by atoms with van der Waals surface area (Å²) >= 11 is 0. The maximum Gasteiger partial charge on any atom is 0.311 e. The van der Waals surface area contributed by atoms with Gasteiger partial charge in [0.15, 0.2) is 0 Å². The summed E-state index contributed by atoms with van der Waals surface area (Å²) in [5, 5.41) is 0. The van der Waals surface area contributed by atoms with Gasteiger partial charge in [-0.15, -0.1) is 0 Å². The van der Waals surface area contributed by atoms with Crippen molar-refractivity contribution in [3.63, 3.8) is 0 Å². The van der Waals surface area contributed by atoms with Gasteiger partial charge in [-0.1, -0.05) is 0 Å². The van der Waals surface area contributed by atoms with Crippen molar-refractivity contribution in [1.29, 1.82) is 0 Å². The van der Waals surface area contributed by atoms with E-state index in [2.05, 4.69) is 4.74 Å². The molecule has 1 saturated carbocycles. The molecule has 14 heavy (non-hydrogen) atoms. The fraction of sp³-hybridized carbons (Fsp3) is 0.875. The van der Waals surface area contributed by atoms with E-state index in [1.54, 1.807) is 6.92 Å². The number of rotatable bonds is 3. The van der Waals surface area contributed by atoms with Crippen molar-refractivity contribution in [2.75, 3.05) is 13.4 Å². The highest BCUT2D eigenvalue weighted by Crippen LogP contribution is 2.43. The smallest absolute Gasteiger partial charge is 0.311 e. The predicted octanol–water partition coefficient (Wildman–Crippen LogP) is 0.304. The zero-order valence-electron chi connectivity index (χ0n) is 8.44. The van der Waals surface area contributed by atoms with E-state index >= 15 is 0 Å². The molecule has 1 rings (SSSR count). The van der Waals surface area contributed by atoms with Gasteiger partial charge in [0.05, 0.1) is 24.9 Å². The van der Waals surface area contributed by atoms with Crippen LogP contribution in [0.1, 0.15) is 19.8 Å². The molecule has 0 aromatic heterocycles. The first-order valence-electron chi connectivity index (χ1n) is 4.23. The quantitative estimate of drug-likeness (QED) is 0.507. The number of methoxy groups -OCH3 is 1. The van der Waals surface area contributed by atoms with Gasteiger partial charge in [-0.25, -0.2) is 0 Å². The average molecular weight is 222 g/mol. The molecule has 0 radical (unpaired) electrons. The Morgan fingerprint density at radius 3 is 2.29 bits per heavy atom. The molecule has 0 spiro atoms. The predicted molar refractivity (Wildman–Crippen MR) is 49.1 cm³/mol. The molecule has 0 aromatic carbocycles. The lowest BCUT2D eigenvalue weighted by atomic mass is 9.68. The van der Waals surface area contributed by atoms with Crippen LogP contribution in [0.25, 0.3) is 0 Å². The summed E-state index contributed by atoms with van der Waals surface area (Å²) in [5.74, 6) is -0.314. The van der Waals surface area contributed by atoms with Gasteiger partial charge in [-0.05, 0) is 19.8 Å². The molecular weight excluding hydrogens is 208 g/mol. The second-order valence-corrected chi connectivity index (χ2v) is 5.48. The monoisotopic (exact) mass is 222 g/mol. The minimum Gasteiger partial charge on any atom is -0.469 e. The Morgan fingerprint density at radius 1 is 1.43 bits per heavy atom. The lowest BCUT2D eigenvalue weighted by Gasteiger charge is -2.41. The minimum absolute atomic E-state index is 0.314. The van der Waals surface area contributed by atoms with Crippen molar-refractivity contribution in [2.45, 2.75) is 25.9 Å². The minimum atomic E-state index is -3.42. The Morgan fingerprint density at radius 2 is 1.93 bits per heavy atom. The van der Waals surface area contributed by atoms with E-state index < -0.39 is 15.5 Å². The molecule has 1 aliphatic carbocycles. The number of carbonyl (C=O) groups excluding carboxylic acids is 1. The first-order valence-corrected chi connectivity index (χ1v) is 6.05. The van der Waals surface area contributed by atoms with E-state index in [9.17, 15) is 13.2 Å². The molecule has 1 fully saturated rings. The number of esters is 1. The molecule has 0 N–H and O–H groups in total. The van der Waals surface area contributed by atoms with E-state index in [0.717, 1.165) is 6.26 Å². The summed E-state index contributed by atoms with van der Waals surface area (Å²) in [4.78, 5) is 11.2. The third-order valence-corrected chi connectivity index (χ3v) is 2.97. The maximum absolute atomic E-state index is 11.2. The number of carbonyl (C=O) groups is 1. The first-order chi connectivity index (χ1) is 6.27. The maximum atomic E-state index is 11.2.